The molecule has 2 aliphatic heterocycles. The van der Waals surface area contributed by atoms with E-state index in [4.69, 9.17) is 9.73 Å². The second-order valence-corrected chi connectivity index (χ2v) is 15.8. The normalized spacial score (nSPS) is 15.4. The Morgan fingerprint density at radius 3 is 1.67 bits per heavy atom. The Bertz CT molecular complexity index is 3170. The predicted molar refractivity (Wildman–Crippen MR) is 245 cm³/mol. The fourth-order valence-electron chi connectivity index (χ4n) is 10.1. The number of nitrogens with one attached hydrogen (secondary N) is 1. The Balaban J connectivity index is 1.06. The highest BCUT2D eigenvalue weighted by molar-refractivity contribution is 6.21. The number of hydrogen-bond acceptors (Lipinski definition) is 3. The van der Waals surface area contributed by atoms with Gasteiger partial charge in [-0.1, -0.05) is 206 Å². The standard InChI is InChI=1S/C57H38N2O/c1-3-18-37(19-4-1)39-34-35-46(41-23-8-7-22-40(39)41)53-36-52(58-56(59-53)38-20-5-2-6-21-38)45-27-10-9-24-42(45)47-28-17-32-51-55(47)60-54-33-16-15-31-50(54)57(51)48-29-13-11-25-43(48)44-26-12-14-30-49(44)57/h1-36,56,58H. The molecule has 1 atom stereocenters. The smallest absolute Gasteiger partial charge is 0.145 e. The quantitative estimate of drug-likeness (QED) is 0.189. The molecule has 0 aromatic heterocycles. The lowest BCUT2D eigenvalue weighted by molar-refractivity contribution is 0.438. The monoisotopic (exact) mass is 766 g/mol. The van der Waals surface area contributed by atoms with Gasteiger partial charge in [-0.2, -0.15) is 0 Å². The number of ether oxygens (including phenoxy) is 1. The highest BCUT2D eigenvalue weighted by Gasteiger charge is 2.51. The molecule has 3 heteroatoms. The highest BCUT2D eigenvalue weighted by atomic mass is 16.5. The number of fused-ring (bicyclic) bond motifs is 10. The molecule has 3 aliphatic rings. The molecule has 3 nitrogen and oxygen atoms in total. The summed E-state index contributed by atoms with van der Waals surface area (Å²) in [5.41, 5.74) is 16.6. The van der Waals surface area contributed by atoms with E-state index in [2.05, 4.69) is 224 Å². The zero-order valence-electron chi connectivity index (χ0n) is 32.7. The maximum atomic E-state index is 7.14. The first-order valence-electron chi connectivity index (χ1n) is 20.7. The molecule has 2 heterocycles. The van der Waals surface area contributed by atoms with Crippen LogP contribution >= 0.6 is 0 Å². The zero-order chi connectivity index (χ0) is 39.6. The molecule has 1 N–H and O–H groups in total. The fraction of sp³-hybridized carbons (Fsp3) is 0.0351. The van der Waals surface area contributed by atoms with Gasteiger partial charge < -0.3 is 10.1 Å². The second kappa shape index (κ2) is 13.7. The van der Waals surface area contributed by atoms with Crippen LogP contribution < -0.4 is 10.1 Å². The van der Waals surface area contributed by atoms with Gasteiger partial charge in [-0.25, -0.2) is 0 Å². The van der Waals surface area contributed by atoms with Gasteiger partial charge in [0.25, 0.3) is 0 Å². The van der Waals surface area contributed by atoms with Crippen molar-refractivity contribution < 1.29 is 4.74 Å². The number of aliphatic imine (C=N–C) groups is 1. The van der Waals surface area contributed by atoms with Crippen molar-refractivity contribution in [1.82, 2.24) is 5.32 Å². The summed E-state index contributed by atoms with van der Waals surface area (Å²) < 4.78 is 7.14. The summed E-state index contributed by atoms with van der Waals surface area (Å²) in [6.45, 7) is 0. The molecule has 12 rings (SSSR count). The Morgan fingerprint density at radius 2 is 0.933 bits per heavy atom. The maximum Gasteiger partial charge on any atom is 0.145 e. The van der Waals surface area contributed by atoms with E-state index in [0.29, 0.717) is 0 Å². The minimum absolute atomic E-state index is 0.301. The van der Waals surface area contributed by atoms with E-state index in [1.807, 2.05) is 0 Å². The van der Waals surface area contributed by atoms with Crippen LogP contribution in [0.4, 0.5) is 0 Å². The van der Waals surface area contributed by atoms with Crippen LogP contribution in [0.2, 0.25) is 0 Å². The van der Waals surface area contributed by atoms with Crippen molar-refractivity contribution in [2.45, 2.75) is 11.6 Å². The molecule has 0 fully saturated rings. The van der Waals surface area contributed by atoms with Gasteiger partial charge in [0.1, 0.15) is 17.7 Å². The summed E-state index contributed by atoms with van der Waals surface area (Å²) in [5.74, 6) is 1.75. The number of para-hydroxylation sites is 2. The minimum atomic E-state index is -0.546. The van der Waals surface area contributed by atoms with Gasteiger partial charge in [-0.15, -0.1) is 0 Å². The summed E-state index contributed by atoms with van der Waals surface area (Å²) in [7, 11) is 0. The van der Waals surface area contributed by atoms with Gasteiger partial charge in [-0.3, -0.25) is 4.99 Å². The lowest BCUT2D eigenvalue weighted by atomic mass is 9.65. The molecule has 60 heavy (non-hydrogen) atoms. The molecule has 0 radical (unpaired) electrons. The zero-order valence-corrected chi connectivity index (χ0v) is 32.7. The number of allylic oxidation sites excluding steroid dienone is 1. The number of benzene rings is 9. The van der Waals surface area contributed by atoms with Crippen LogP contribution in [0.15, 0.2) is 223 Å². The Labute approximate surface area is 349 Å². The van der Waals surface area contributed by atoms with E-state index in [0.717, 1.165) is 61.9 Å². The number of hydrogen-bond donors (Lipinski definition) is 1. The molecule has 9 aromatic carbocycles. The summed E-state index contributed by atoms with van der Waals surface area (Å²) in [6.07, 6.45) is 1.93. The third kappa shape index (κ3) is 5.12. The lowest BCUT2D eigenvalue weighted by Crippen LogP contribution is -2.32. The molecule has 0 bridgehead atoms. The van der Waals surface area contributed by atoms with Crippen molar-refractivity contribution in [3.05, 3.63) is 257 Å². The highest BCUT2D eigenvalue weighted by Crippen LogP contribution is 2.63. The van der Waals surface area contributed by atoms with E-state index in [9.17, 15) is 0 Å². The van der Waals surface area contributed by atoms with Crippen molar-refractivity contribution in [3.8, 4) is 44.9 Å². The van der Waals surface area contributed by atoms with E-state index in [1.54, 1.807) is 0 Å². The molecule has 282 valence electrons. The van der Waals surface area contributed by atoms with E-state index >= 15 is 0 Å². The molecular weight excluding hydrogens is 729 g/mol. The van der Waals surface area contributed by atoms with Crippen LogP contribution in [-0.2, 0) is 5.41 Å². The summed E-state index contributed by atoms with van der Waals surface area (Å²) in [5, 5.41) is 6.25. The van der Waals surface area contributed by atoms with Crippen molar-refractivity contribution in [3.63, 3.8) is 0 Å². The number of rotatable bonds is 5. The molecule has 1 aliphatic carbocycles. The van der Waals surface area contributed by atoms with Crippen LogP contribution in [-0.4, -0.2) is 5.71 Å². The first-order chi connectivity index (χ1) is 29.8. The van der Waals surface area contributed by atoms with Gasteiger partial charge in [0, 0.05) is 33.5 Å². The van der Waals surface area contributed by atoms with E-state index < -0.39 is 5.41 Å². The second-order valence-electron chi connectivity index (χ2n) is 15.8. The minimum Gasteiger partial charge on any atom is -0.456 e. The van der Waals surface area contributed by atoms with Crippen LogP contribution in [0.3, 0.4) is 0 Å². The summed E-state index contributed by atoms with van der Waals surface area (Å²) in [6, 6.07) is 76.1. The van der Waals surface area contributed by atoms with Crippen LogP contribution in [0.5, 0.6) is 11.5 Å². The molecule has 0 amide bonds. The topological polar surface area (TPSA) is 33.6 Å². The van der Waals surface area contributed by atoms with Crippen LogP contribution in [0.25, 0.3) is 49.9 Å². The van der Waals surface area contributed by atoms with Crippen LogP contribution in [0, 0.1) is 0 Å². The molecule has 1 unspecified atom stereocenters. The third-order valence-electron chi connectivity index (χ3n) is 12.6. The van der Waals surface area contributed by atoms with Crippen molar-refractivity contribution >= 4 is 22.2 Å². The maximum absolute atomic E-state index is 7.14. The first-order valence-corrected chi connectivity index (χ1v) is 20.7. The van der Waals surface area contributed by atoms with E-state index in [-0.39, 0.29) is 6.17 Å². The molecule has 0 saturated carbocycles. The third-order valence-corrected chi connectivity index (χ3v) is 12.6. The van der Waals surface area contributed by atoms with Crippen molar-refractivity contribution in [1.29, 1.82) is 0 Å². The fourth-order valence-corrected chi connectivity index (χ4v) is 10.1. The largest absolute Gasteiger partial charge is 0.456 e. The molecule has 1 spiro atoms. The van der Waals surface area contributed by atoms with Crippen molar-refractivity contribution in [2.75, 3.05) is 0 Å². The molecular formula is C57H38N2O. The van der Waals surface area contributed by atoms with Gasteiger partial charge in [0.15, 0.2) is 0 Å². The Hall–Kier alpha value is -7.75. The van der Waals surface area contributed by atoms with Crippen molar-refractivity contribution in [2.24, 2.45) is 4.99 Å². The van der Waals surface area contributed by atoms with Gasteiger partial charge in [0.2, 0.25) is 0 Å². The predicted octanol–water partition coefficient (Wildman–Crippen LogP) is 13.8. The molecule has 9 aromatic rings. The molecule has 0 saturated heterocycles. The van der Waals surface area contributed by atoms with Gasteiger partial charge in [-0.05, 0) is 67.4 Å². The van der Waals surface area contributed by atoms with E-state index in [1.165, 1.54) is 44.2 Å². The SMILES string of the molecule is C1=C(c2ccccc2-c2cccc3c2Oc2ccccc2C32c3ccccc3-c3ccccc32)NC(c2ccccc2)N=C1c1ccc(-c2ccccc2)c2ccccc12. The summed E-state index contributed by atoms with van der Waals surface area (Å²) >= 11 is 0. The first kappa shape index (κ1) is 34.3. The van der Waals surface area contributed by atoms with Gasteiger partial charge in [0.05, 0.1) is 11.1 Å². The van der Waals surface area contributed by atoms with Crippen LogP contribution in [0.1, 0.15) is 45.1 Å². The lowest BCUT2D eigenvalue weighted by Gasteiger charge is -2.40. The van der Waals surface area contributed by atoms with Gasteiger partial charge >= 0.3 is 0 Å². The number of nitrogens with zero attached hydrogens (tertiary/aromatic N) is 1. The summed E-state index contributed by atoms with van der Waals surface area (Å²) in [4.78, 5) is 5.44. The average Bonchev–Trinajstić information content (AvgIpc) is 3.62. The Morgan fingerprint density at radius 1 is 0.400 bits per heavy atom. The Kier molecular flexibility index (Phi) is 7.82. The average molecular weight is 767 g/mol.